The highest BCUT2D eigenvalue weighted by molar-refractivity contribution is 7.08. The number of hydrogen-bond acceptors (Lipinski definition) is 4. The fourth-order valence-corrected chi connectivity index (χ4v) is 2.59. The Bertz CT molecular complexity index is 516. The second kappa shape index (κ2) is 5.61. The molecule has 1 atom stereocenters. The van der Waals surface area contributed by atoms with E-state index in [0.29, 0.717) is 13.2 Å². The van der Waals surface area contributed by atoms with Crippen LogP contribution in [0.2, 0.25) is 0 Å². The molecule has 1 aromatic carbocycles. The number of nitrogens with two attached hydrogens (primary N) is 1. The molecule has 1 aliphatic rings. The third kappa shape index (κ3) is 2.46. The smallest absolute Gasteiger partial charge is 0.161 e. The fraction of sp³-hybridized carbons (Fsp3) is 0.231. The Morgan fingerprint density at radius 1 is 1.06 bits per heavy atom. The van der Waals surface area contributed by atoms with Crippen molar-refractivity contribution >= 4 is 23.7 Å². The molecule has 2 N–H and O–H groups in total. The molecule has 96 valence electrons. The van der Waals surface area contributed by atoms with E-state index in [1.165, 1.54) is 0 Å². The highest BCUT2D eigenvalue weighted by Gasteiger charge is 2.15. The van der Waals surface area contributed by atoms with E-state index >= 15 is 0 Å². The zero-order chi connectivity index (χ0) is 11.7. The molecule has 0 unspecified atom stereocenters. The monoisotopic (exact) mass is 283 g/mol. The summed E-state index contributed by atoms with van der Waals surface area (Å²) < 4.78 is 11.0. The summed E-state index contributed by atoms with van der Waals surface area (Å²) in [6.45, 7) is 1.22. The van der Waals surface area contributed by atoms with E-state index in [-0.39, 0.29) is 18.4 Å². The molecule has 0 amide bonds. The molecule has 0 fully saturated rings. The lowest BCUT2D eigenvalue weighted by molar-refractivity contribution is 0.171. The van der Waals surface area contributed by atoms with Crippen LogP contribution in [0.1, 0.15) is 17.2 Å². The second-order valence-electron chi connectivity index (χ2n) is 3.94. The summed E-state index contributed by atoms with van der Waals surface area (Å²) >= 11 is 1.66. The summed E-state index contributed by atoms with van der Waals surface area (Å²) in [5.41, 5.74) is 8.38. The van der Waals surface area contributed by atoms with Gasteiger partial charge in [0.25, 0.3) is 0 Å². The molecule has 0 bridgehead atoms. The van der Waals surface area contributed by atoms with Crippen LogP contribution in [-0.2, 0) is 0 Å². The first-order valence-electron chi connectivity index (χ1n) is 5.52. The van der Waals surface area contributed by atoms with Crippen LogP contribution in [-0.4, -0.2) is 13.2 Å². The summed E-state index contributed by atoms with van der Waals surface area (Å²) in [6.07, 6.45) is 0. The van der Waals surface area contributed by atoms with Crippen molar-refractivity contribution in [3.8, 4) is 11.5 Å². The standard InChI is InChI=1S/C13H13NO2S.ClH/c14-13(10-3-6-17-8-10)9-1-2-11-12(7-9)16-5-4-15-11;/h1-3,6-8,13H,4-5,14H2;1H/t13-;/m0./s1. The molecule has 18 heavy (non-hydrogen) atoms. The molecule has 0 saturated carbocycles. The number of halogens is 1. The molecule has 0 spiro atoms. The van der Waals surface area contributed by atoms with Crippen LogP contribution >= 0.6 is 23.7 Å². The molecule has 2 heterocycles. The maximum atomic E-state index is 6.20. The second-order valence-corrected chi connectivity index (χ2v) is 4.72. The largest absolute Gasteiger partial charge is 0.486 e. The summed E-state index contributed by atoms with van der Waals surface area (Å²) in [5, 5.41) is 4.11. The minimum Gasteiger partial charge on any atom is -0.486 e. The molecule has 0 saturated heterocycles. The lowest BCUT2D eigenvalue weighted by atomic mass is 10.0. The normalized spacial score (nSPS) is 14.7. The van der Waals surface area contributed by atoms with Gasteiger partial charge in [-0.3, -0.25) is 0 Å². The molecule has 3 rings (SSSR count). The average molecular weight is 284 g/mol. The van der Waals surface area contributed by atoms with Gasteiger partial charge < -0.3 is 15.2 Å². The van der Waals surface area contributed by atoms with Crippen molar-refractivity contribution in [1.82, 2.24) is 0 Å². The predicted molar refractivity (Wildman–Crippen MR) is 75.0 cm³/mol. The average Bonchev–Trinajstić information content (AvgIpc) is 2.91. The van der Waals surface area contributed by atoms with E-state index in [9.17, 15) is 0 Å². The topological polar surface area (TPSA) is 44.5 Å². The van der Waals surface area contributed by atoms with E-state index < -0.39 is 0 Å². The summed E-state index contributed by atoms with van der Waals surface area (Å²) in [5.74, 6) is 1.59. The van der Waals surface area contributed by atoms with Gasteiger partial charge in [-0.2, -0.15) is 11.3 Å². The van der Waals surface area contributed by atoms with Gasteiger partial charge in [0.1, 0.15) is 13.2 Å². The van der Waals surface area contributed by atoms with Crippen LogP contribution in [0, 0.1) is 0 Å². The molecular weight excluding hydrogens is 270 g/mol. The first kappa shape index (κ1) is 13.2. The Balaban J connectivity index is 0.00000120. The van der Waals surface area contributed by atoms with Crippen LogP contribution in [0.4, 0.5) is 0 Å². The maximum absolute atomic E-state index is 6.20. The quantitative estimate of drug-likeness (QED) is 0.921. The van der Waals surface area contributed by atoms with Gasteiger partial charge in [0.15, 0.2) is 11.5 Å². The molecule has 0 radical (unpaired) electrons. The van der Waals surface area contributed by atoms with Crippen molar-refractivity contribution in [2.75, 3.05) is 13.2 Å². The zero-order valence-electron chi connectivity index (χ0n) is 9.67. The van der Waals surface area contributed by atoms with Gasteiger partial charge in [-0.15, -0.1) is 12.4 Å². The van der Waals surface area contributed by atoms with E-state index in [1.54, 1.807) is 11.3 Å². The lowest BCUT2D eigenvalue weighted by Crippen LogP contribution is -2.17. The fourth-order valence-electron chi connectivity index (χ4n) is 1.90. The Kier molecular flexibility index (Phi) is 4.11. The summed E-state index contributed by atoms with van der Waals surface area (Å²) in [6, 6.07) is 7.84. The summed E-state index contributed by atoms with van der Waals surface area (Å²) in [7, 11) is 0. The summed E-state index contributed by atoms with van der Waals surface area (Å²) in [4.78, 5) is 0. The minimum atomic E-state index is -0.0999. The minimum absolute atomic E-state index is 0. The Morgan fingerprint density at radius 2 is 1.83 bits per heavy atom. The van der Waals surface area contributed by atoms with Crippen LogP contribution in [0.25, 0.3) is 0 Å². The van der Waals surface area contributed by atoms with E-state index in [1.807, 2.05) is 29.6 Å². The molecule has 2 aromatic rings. The highest BCUT2D eigenvalue weighted by Crippen LogP contribution is 2.33. The number of rotatable bonds is 2. The first-order chi connectivity index (χ1) is 8.34. The number of thiophene rings is 1. The van der Waals surface area contributed by atoms with Crippen LogP contribution in [0.15, 0.2) is 35.0 Å². The van der Waals surface area contributed by atoms with Crippen LogP contribution in [0.5, 0.6) is 11.5 Å². The van der Waals surface area contributed by atoms with Gasteiger partial charge in [-0.1, -0.05) is 6.07 Å². The maximum Gasteiger partial charge on any atom is 0.161 e. The first-order valence-corrected chi connectivity index (χ1v) is 6.46. The van der Waals surface area contributed by atoms with E-state index in [2.05, 4.69) is 5.38 Å². The number of benzene rings is 1. The van der Waals surface area contributed by atoms with Crippen molar-refractivity contribution < 1.29 is 9.47 Å². The van der Waals surface area contributed by atoms with Gasteiger partial charge in [0.05, 0.1) is 6.04 Å². The van der Waals surface area contributed by atoms with Gasteiger partial charge in [0, 0.05) is 0 Å². The van der Waals surface area contributed by atoms with Gasteiger partial charge >= 0.3 is 0 Å². The predicted octanol–water partition coefficient (Wildman–Crippen LogP) is 2.99. The number of ether oxygens (including phenoxy) is 2. The van der Waals surface area contributed by atoms with Gasteiger partial charge in [0.2, 0.25) is 0 Å². The number of hydrogen-bond donors (Lipinski definition) is 1. The Labute approximate surface area is 116 Å². The van der Waals surface area contributed by atoms with Crippen molar-refractivity contribution in [3.05, 3.63) is 46.2 Å². The Hall–Kier alpha value is -1.23. The van der Waals surface area contributed by atoms with Gasteiger partial charge in [-0.05, 0) is 40.1 Å². The van der Waals surface area contributed by atoms with E-state index in [0.717, 1.165) is 22.6 Å². The third-order valence-corrected chi connectivity index (χ3v) is 3.53. The SMILES string of the molecule is Cl.N[C@H](c1ccsc1)c1ccc2c(c1)OCCO2. The molecule has 1 aromatic heterocycles. The van der Waals surface area contributed by atoms with Crippen molar-refractivity contribution in [1.29, 1.82) is 0 Å². The van der Waals surface area contributed by atoms with Crippen LogP contribution in [0.3, 0.4) is 0 Å². The molecule has 0 aliphatic carbocycles. The molecule has 3 nitrogen and oxygen atoms in total. The van der Waals surface area contributed by atoms with Gasteiger partial charge in [-0.25, -0.2) is 0 Å². The Morgan fingerprint density at radius 3 is 2.56 bits per heavy atom. The zero-order valence-corrected chi connectivity index (χ0v) is 11.3. The molecular formula is C13H14ClNO2S. The number of fused-ring (bicyclic) bond motifs is 1. The van der Waals surface area contributed by atoms with Crippen LogP contribution < -0.4 is 15.2 Å². The van der Waals surface area contributed by atoms with Crippen molar-refractivity contribution in [2.45, 2.75) is 6.04 Å². The third-order valence-electron chi connectivity index (χ3n) is 2.83. The highest BCUT2D eigenvalue weighted by atomic mass is 35.5. The van der Waals surface area contributed by atoms with Crippen molar-refractivity contribution in [2.24, 2.45) is 5.73 Å². The van der Waals surface area contributed by atoms with Crippen molar-refractivity contribution in [3.63, 3.8) is 0 Å². The van der Waals surface area contributed by atoms with E-state index in [4.69, 9.17) is 15.2 Å². The lowest BCUT2D eigenvalue weighted by Gasteiger charge is -2.20. The molecule has 5 heteroatoms. The molecule has 1 aliphatic heterocycles.